The van der Waals surface area contributed by atoms with E-state index >= 15 is 0 Å². The van der Waals surface area contributed by atoms with Crippen LogP contribution < -0.4 is 5.73 Å². The monoisotopic (exact) mass is 251 g/mol. The largest absolute Gasteiger partial charge is 0.319 e. The summed E-state index contributed by atoms with van der Waals surface area (Å²) in [6, 6.07) is 0. The summed E-state index contributed by atoms with van der Waals surface area (Å²) in [5, 5.41) is 13.3. The summed E-state index contributed by atoms with van der Waals surface area (Å²) in [6.45, 7) is 2.26. The molecule has 2 heterocycles. The van der Waals surface area contributed by atoms with E-state index in [1.807, 2.05) is 0 Å². The minimum atomic E-state index is -0.239. The average molecular weight is 251 g/mol. The molecule has 5 nitrogen and oxygen atoms in total. The summed E-state index contributed by atoms with van der Waals surface area (Å²) in [5.41, 5.74) is 6.27. The second kappa shape index (κ2) is 4.03. The van der Waals surface area contributed by atoms with E-state index in [9.17, 15) is 0 Å². The molecule has 2 aromatic heterocycles. The highest BCUT2D eigenvalue weighted by molar-refractivity contribution is 7.16. The van der Waals surface area contributed by atoms with Crippen LogP contribution in [-0.2, 0) is 5.54 Å². The lowest BCUT2D eigenvalue weighted by Gasteiger charge is -2.34. The Kier molecular flexibility index (Phi) is 2.63. The number of nitrogens with zero attached hydrogens (tertiary/aromatic N) is 4. The van der Waals surface area contributed by atoms with Crippen molar-refractivity contribution in [3.8, 4) is 0 Å². The van der Waals surface area contributed by atoms with Gasteiger partial charge < -0.3 is 5.73 Å². The molecular formula is C11H17N5S. The summed E-state index contributed by atoms with van der Waals surface area (Å²) < 4.78 is 1.72. The standard InChI is InChI=1S/C11H17N5S/c1-2-8-3-5-11(12,6-4-8)9-15-16-7-13-14-10(16)17-9/h7-8H,2-6,12H2,1H3. The van der Waals surface area contributed by atoms with Gasteiger partial charge in [-0.1, -0.05) is 24.7 Å². The second-order valence-electron chi connectivity index (χ2n) is 4.97. The number of fused-ring (bicyclic) bond motifs is 1. The zero-order valence-electron chi connectivity index (χ0n) is 9.96. The van der Waals surface area contributed by atoms with Crippen LogP contribution >= 0.6 is 11.3 Å². The summed E-state index contributed by atoms with van der Waals surface area (Å²) >= 11 is 1.57. The van der Waals surface area contributed by atoms with Gasteiger partial charge in [-0.3, -0.25) is 0 Å². The molecule has 6 heteroatoms. The van der Waals surface area contributed by atoms with Crippen molar-refractivity contribution in [2.45, 2.75) is 44.6 Å². The lowest BCUT2D eigenvalue weighted by molar-refractivity contribution is 0.230. The van der Waals surface area contributed by atoms with Crippen molar-refractivity contribution in [3.63, 3.8) is 0 Å². The summed E-state index contributed by atoms with van der Waals surface area (Å²) in [6.07, 6.45) is 7.41. The normalized spacial score (nSPS) is 29.9. The van der Waals surface area contributed by atoms with Crippen molar-refractivity contribution in [2.75, 3.05) is 0 Å². The Bertz CT molecular complexity index is 480. The average Bonchev–Trinajstić information content (AvgIpc) is 2.90. The molecule has 1 aliphatic carbocycles. The molecule has 1 aliphatic rings. The van der Waals surface area contributed by atoms with Crippen LogP contribution in [0.5, 0.6) is 0 Å². The maximum absolute atomic E-state index is 6.51. The fourth-order valence-electron chi connectivity index (χ4n) is 2.58. The Balaban J connectivity index is 1.86. The first-order valence-corrected chi connectivity index (χ1v) is 6.99. The first kappa shape index (κ1) is 11.1. The lowest BCUT2D eigenvalue weighted by Crippen LogP contribution is -2.40. The van der Waals surface area contributed by atoms with Crippen LogP contribution in [0.15, 0.2) is 6.33 Å². The van der Waals surface area contributed by atoms with Crippen molar-refractivity contribution in [1.29, 1.82) is 0 Å². The summed E-state index contributed by atoms with van der Waals surface area (Å²) in [5.74, 6) is 0.845. The molecule has 0 aliphatic heterocycles. The molecule has 0 radical (unpaired) electrons. The molecule has 0 aromatic carbocycles. The van der Waals surface area contributed by atoms with Gasteiger partial charge in [-0.25, -0.2) is 0 Å². The van der Waals surface area contributed by atoms with E-state index in [2.05, 4.69) is 22.2 Å². The van der Waals surface area contributed by atoms with Gasteiger partial charge in [0.15, 0.2) is 0 Å². The number of hydrogen-bond acceptors (Lipinski definition) is 5. The smallest absolute Gasteiger partial charge is 0.234 e. The van der Waals surface area contributed by atoms with Gasteiger partial charge in [0.1, 0.15) is 11.3 Å². The highest BCUT2D eigenvalue weighted by Crippen LogP contribution is 2.39. The van der Waals surface area contributed by atoms with Crippen LogP contribution in [0.25, 0.3) is 4.96 Å². The molecule has 1 saturated carbocycles. The van der Waals surface area contributed by atoms with Crippen LogP contribution in [0.2, 0.25) is 0 Å². The van der Waals surface area contributed by atoms with Gasteiger partial charge in [0.2, 0.25) is 4.96 Å². The molecule has 2 aromatic rings. The zero-order valence-corrected chi connectivity index (χ0v) is 10.8. The van der Waals surface area contributed by atoms with Crippen LogP contribution in [0.1, 0.15) is 44.0 Å². The topological polar surface area (TPSA) is 69.1 Å². The van der Waals surface area contributed by atoms with E-state index in [1.54, 1.807) is 22.2 Å². The third-order valence-corrected chi connectivity index (χ3v) is 5.02. The van der Waals surface area contributed by atoms with Gasteiger partial charge in [0, 0.05) is 0 Å². The van der Waals surface area contributed by atoms with E-state index in [4.69, 9.17) is 5.73 Å². The molecule has 3 rings (SSSR count). The SMILES string of the molecule is CCC1CCC(N)(c2nn3cnnc3s2)CC1. The Morgan fingerprint density at radius 2 is 2.29 bits per heavy atom. The van der Waals surface area contributed by atoms with Crippen molar-refractivity contribution in [2.24, 2.45) is 11.7 Å². The fraction of sp³-hybridized carbons (Fsp3) is 0.727. The molecule has 92 valence electrons. The van der Waals surface area contributed by atoms with Gasteiger partial charge in [-0.15, -0.1) is 10.2 Å². The predicted octanol–water partition coefficient (Wildman–Crippen LogP) is 1.94. The Labute approximate surface area is 104 Å². The summed E-state index contributed by atoms with van der Waals surface area (Å²) in [7, 11) is 0. The van der Waals surface area contributed by atoms with E-state index < -0.39 is 0 Å². The first-order valence-electron chi connectivity index (χ1n) is 6.17. The molecular weight excluding hydrogens is 234 g/mol. The first-order chi connectivity index (χ1) is 8.21. The molecule has 0 bridgehead atoms. The fourth-order valence-corrected chi connectivity index (χ4v) is 3.55. The number of aromatic nitrogens is 4. The van der Waals surface area contributed by atoms with Crippen molar-refractivity contribution < 1.29 is 0 Å². The number of nitrogens with two attached hydrogens (primary N) is 1. The van der Waals surface area contributed by atoms with Crippen molar-refractivity contribution in [1.82, 2.24) is 19.8 Å². The van der Waals surface area contributed by atoms with Gasteiger partial charge in [0.05, 0.1) is 5.54 Å². The van der Waals surface area contributed by atoms with Gasteiger partial charge in [-0.05, 0) is 31.6 Å². The van der Waals surface area contributed by atoms with E-state index in [1.165, 1.54) is 19.3 Å². The molecule has 1 fully saturated rings. The van der Waals surface area contributed by atoms with Crippen LogP contribution in [0.3, 0.4) is 0 Å². The van der Waals surface area contributed by atoms with E-state index in [0.29, 0.717) is 0 Å². The minimum absolute atomic E-state index is 0.239. The van der Waals surface area contributed by atoms with E-state index in [0.717, 1.165) is 28.7 Å². The molecule has 0 spiro atoms. The minimum Gasteiger partial charge on any atom is -0.319 e. The molecule has 17 heavy (non-hydrogen) atoms. The maximum atomic E-state index is 6.51. The third-order valence-electron chi connectivity index (χ3n) is 3.89. The number of rotatable bonds is 2. The molecule has 0 amide bonds. The highest BCUT2D eigenvalue weighted by atomic mass is 32.1. The van der Waals surface area contributed by atoms with Crippen LogP contribution in [0.4, 0.5) is 0 Å². The predicted molar refractivity (Wildman–Crippen MR) is 66.8 cm³/mol. The van der Waals surface area contributed by atoms with Gasteiger partial charge in [-0.2, -0.15) is 9.61 Å². The quantitative estimate of drug-likeness (QED) is 0.885. The van der Waals surface area contributed by atoms with Gasteiger partial charge >= 0.3 is 0 Å². The zero-order chi connectivity index (χ0) is 11.9. The maximum Gasteiger partial charge on any atom is 0.234 e. The highest BCUT2D eigenvalue weighted by Gasteiger charge is 2.35. The Hall–Kier alpha value is -1.01. The second-order valence-corrected chi connectivity index (χ2v) is 5.93. The Morgan fingerprint density at radius 1 is 1.53 bits per heavy atom. The summed E-state index contributed by atoms with van der Waals surface area (Å²) in [4.78, 5) is 0.836. The molecule has 2 N–H and O–H groups in total. The molecule has 0 saturated heterocycles. The van der Waals surface area contributed by atoms with E-state index in [-0.39, 0.29) is 5.54 Å². The molecule has 0 unspecified atom stereocenters. The van der Waals surface area contributed by atoms with Gasteiger partial charge in [0.25, 0.3) is 0 Å². The Morgan fingerprint density at radius 3 is 2.94 bits per heavy atom. The van der Waals surface area contributed by atoms with Crippen LogP contribution in [0, 0.1) is 5.92 Å². The molecule has 0 atom stereocenters. The lowest BCUT2D eigenvalue weighted by atomic mass is 9.76. The van der Waals surface area contributed by atoms with Crippen LogP contribution in [-0.4, -0.2) is 19.8 Å². The third kappa shape index (κ3) is 1.85. The van der Waals surface area contributed by atoms with Crippen molar-refractivity contribution >= 4 is 16.3 Å². The number of hydrogen-bond donors (Lipinski definition) is 1. The van der Waals surface area contributed by atoms with Crippen molar-refractivity contribution in [3.05, 3.63) is 11.3 Å².